The molecule has 6 nitrogen and oxygen atoms in total. The number of hydrogen-bond donors (Lipinski definition) is 0. The summed E-state index contributed by atoms with van der Waals surface area (Å²) in [5.41, 5.74) is 4.51. The van der Waals surface area contributed by atoms with E-state index in [2.05, 4.69) is 20.1 Å². The Morgan fingerprint density at radius 2 is 1.81 bits per heavy atom. The van der Waals surface area contributed by atoms with Gasteiger partial charge in [-0.05, 0) is 43.7 Å². The Kier molecular flexibility index (Phi) is 4.61. The first-order valence-electron chi connectivity index (χ1n) is 8.69. The zero-order valence-corrected chi connectivity index (χ0v) is 15.2. The lowest BCUT2D eigenvalue weighted by molar-refractivity contribution is 0.305. The lowest BCUT2D eigenvalue weighted by atomic mass is 10.2. The fraction of sp³-hybridized carbons (Fsp3) is 0.143. The first kappa shape index (κ1) is 16.9. The van der Waals surface area contributed by atoms with Crippen molar-refractivity contribution in [1.82, 2.24) is 24.6 Å². The highest BCUT2D eigenvalue weighted by Crippen LogP contribution is 2.14. The second-order valence-electron chi connectivity index (χ2n) is 6.22. The number of aryl methyl sites for hydroxylation is 2. The van der Waals surface area contributed by atoms with Gasteiger partial charge < -0.3 is 4.74 Å². The molecule has 1 aromatic carbocycles. The minimum absolute atomic E-state index is 0.523. The summed E-state index contributed by atoms with van der Waals surface area (Å²) in [6.45, 7) is 4.40. The summed E-state index contributed by atoms with van der Waals surface area (Å²) in [5, 5.41) is 4.50. The average Bonchev–Trinajstić information content (AvgIpc) is 3.15. The third-order valence-electron chi connectivity index (χ3n) is 4.14. The molecule has 3 heterocycles. The molecular weight excluding hydrogens is 338 g/mol. The molecule has 27 heavy (non-hydrogen) atoms. The predicted octanol–water partition coefficient (Wildman–Crippen LogP) is 3.89. The maximum atomic E-state index is 5.75. The molecule has 0 bridgehead atoms. The van der Waals surface area contributed by atoms with Gasteiger partial charge in [-0.3, -0.25) is 9.97 Å². The van der Waals surface area contributed by atoms with E-state index < -0.39 is 0 Å². The molecule has 0 saturated heterocycles. The minimum atomic E-state index is 0.523. The lowest BCUT2D eigenvalue weighted by Crippen LogP contribution is -1.97. The van der Waals surface area contributed by atoms with Gasteiger partial charge in [-0.15, -0.1) is 5.10 Å². The molecule has 0 aliphatic rings. The Morgan fingerprint density at radius 3 is 2.56 bits per heavy atom. The zero-order valence-electron chi connectivity index (χ0n) is 15.2. The Bertz CT molecular complexity index is 1050. The highest BCUT2D eigenvalue weighted by atomic mass is 16.5. The van der Waals surface area contributed by atoms with Crippen LogP contribution in [0.25, 0.3) is 17.8 Å². The molecule has 0 amide bonds. The average molecular weight is 357 g/mol. The van der Waals surface area contributed by atoms with Crippen LogP contribution in [0.3, 0.4) is 0 Å². The van der Waals surface area contributed by atoms with Crippen LogP contribution < -0.4 is 4.74 Å². The van der Waals surface area contributed by atoms with Crippen molar-refractivity contribution in [2.24, 2.45) is 0 Å². The number of nitrogens with zero attached hydrogens (tertiary/aromatic N) is 5. The molecule has 0 N–H and O–H groups in total. The van der Waals surface area contributed by atoms with E-state index in [-0.39, 0.29) is 0 Å². The van der Waals surface area contributed by atoms with E-state index in [9.17, 15) is 0 Å². The van der Waals surface area contributed by atoms with Gasteiger partial charge in [0.2, 0.25) is 0 Å². The van der Waals surface area contributed by atoms with Crippen molar-refractivity contribution in [2.75, 3.05) is 0 Å². The van der Waals surface area contributed by atoms with Crippen LogP contribution in [0.2, 0.25) is 0 Å². The number of rotatable bonds is 5. The van der Waals surface area contributed by atoms with E-state index in [4.69, 9.17) is 4.74 Å². The van der Waals surface area contributed by atoms with Crippen molar-refractivity contribution >= 4 is 17.8 Å². The smallest absolute Gasteiger partial charge is 0.177 e. The Balaban J connectivity index is 1.45. The molecule has 0 spiro atoms. The third-order valence-corrected chi connectivity index (χ3v) is 4.14. The van der Waals surface area contributed by atoms with Gasteiger partial charge in [0.15, 0.2) is 11.5 Å². The molecule has 0 unspecified atom stereocenters. The molecule has 0 atom stereocenters. The summed E-state index contributed by atoms with van der Waals surface area (Å²) in [5.74, 6) is 1.36. The maximum Gasteiger partial charge on any atom is 0.177 e. The largest absolute Gasteiger partial charge is 0.487 e. The molecule has 0 saturated carbocycles. The Labute approximate surface area is 157 Å². The van der Waals surface area contributed by atoms with Crippen molar-refractivity contribution in [2.45, 2.75) is 20.5 Å². The molecule has 4 rings (SSSR count). The number of hydrogen-bond acceptors (Lipinski definition) is 5. The fourth-order valence-corrected chi connectivity index (χ4v) is 2.66. The van der Waals surface area contributed by atoms with Crippen LogP contribution in [0.1, 0.15) is 28.5 Å². The number of ether oxygens (including phenoxy) is 1. The molecule has 3 aromatic heterocycles. The second kappa shape index (κ2) is 7.37. The molecule has 4 aromatic rings. The molecule has 0 aliphatic carbocycles. The van der Waals surface area contributed by atoms with E-state index in [1.54, 1.807) is 16.9 Å². The van der Waals surface area contributed by atoms with Crippen LogP contribution in [0.15, 0.2) is 54.9 Å². The van der Waals surface area contributed by atoms with Gasteiger partial charge in [0.05, 0.1) is 23.3 Å². The number of benzene rings is 1. The van der Waals surface area contributed by atoms with Crippen molar-refractivity contribution in [3.05, 3.63) is 83.3 Å². The van der Waals surface area contributed by atoms with Crippen molar-refractivity contribution in [1.29, 1.82) is 0 Å². The summed E-state index contributed by atoms with van der Waals surface area (Å²) < 4.78 is 7.56. The standard InChI is InChI=1S/C21H19N5O/c1-15-12-22-16(2)21-24-20(25-26(15)21)11-9-18-8-10-19(13-23-18)27-14-17-6-4-3-5-7-17/h3-13H,14H2,1-2H3. The number of fused-ring (bicyclic) bond motifs is 1. The van der Waals surface area contributed by atoms with Gasteiger partial charge in [-0.1, -0.05) is 30.3 Å². The van der Waals surface area contributed by atoms with Crippen molar-refractivity contribution in [3.63, 3.8) is 0 Å². The van der Waals surface area contributed by atoms with Gasteiger partial charge >= 0.3 is 0 Å². The first-order chi connectivity index (χ1) is 13.2. The van der Waals surface area contributed by atoms with Crippen LogP contribution in [0.4, 0.5) is 0 Å². The van der Waals surface area contributed by atoms with E-state index >= 15 is 0 Å². The summed E-state index contributed by atoms with van der Waals surface area (Å²) in [4.78, 5) is 13.2. The Morgan fingerprint density at radius 1 is 0.963 bits per heavy atom. The third kappa shape index (κ3) is 3.84. The van der Waals surface area contributed by atoms with Gasteiger partial charge in [0.1, 0.15) is 12.4 Å². The van der Waals surface area contributed by atoms with E-state index in [0.717, 1.165) is 34.0 Å². The highest BCUT2D eigenvalue weighted by Gasteiger charge is 2.06. The van der Waals surface area contributed by atoms with Gasteiger partial charge in [0.25, 0.3) is 0 Å². The van der Waals surface area contributed by atoms with E-state index in [1.165, 1.54) is 0 Å². The zero-order chi connectivity index (χ0) is 18.6. The van der Waals surface area contributed by atoms with Crippen LogP contribution >= 0.6 is 0 Å². The van der Waals surface area contributed by atoms with Crippen molar-refractivity contribution < 1.29 is 4.74 Å². The lowest BCUT2D eigenvalue weighted by Gasteiger charge is -2.05. The van der Waals surface area contributed by atoms with Gasteiger partial charge in [-0.25, -0.2) is 9.50 Å². The molecule has 0 fully saturated rings. The SMILES string of the molecule is Cc1ncc(C)n2nc(C=Cc3ccc(OCc4ccccc4)cn3)nc12. The molecule has 0 radical (unpaired) electrons. The first-order valence-corrected chi connectivity index (χ1v) is 8.69. The van der Waals surface area contributed by atoms with Crippen molar-refractivity contribution in [3.8, 4) is 5.75 Å². The molecular formula is C21H19N5O. The summed E-state index contributed by atoms with van der Waals surface area (Å²) in [7, 11) is 0. The fourth-order valence-electron chi connectivity index (χ4n) is 2.66. The van der Waals surface area contributed by atoms with E-state index in [1.807, 2.05) is 68.5 Å². The summed E-state index contributed by atoms with van der Waals surface area (Å²) in [6, 6.07) is 13.9. The number of pyridine rings is 1. The number of aromatic nitrogens is 5. The quantitative estimate of drug-likeness (QED) is 0.542. The second-order valence-corrected chi connectivity index (χ2v) is 6.22. The minimum Gasteiger partial charge on any atom is -0.487 e. The van der Waals surface area contributed by atoms with Gasteiger partial charge in [0, 0.05) is 6.20 Å². The molecule has 0 aliphatic heterocycles. The topological polar surface area (TPSA) is 65.2 Å². The van der Waals surface area contributed by atoms with E-state index in [0.29, 0.717) is 12.4 Å². The predicted molar refractivity (Wildman–Crippen MR) is 104 cm³/mol. The monoisotopic (exact) mass is 357 g/mol. The van der Waals surface area contributed by atoms with Gasteiger partial charge in [-0.2, -0.15) is 0 Å². The van der Waals surface area contributed by atoms with Crippen LogP contribution in [-0.4, -0.2) is 24.6 Å². The highest BCUT2D eigenvalue weighted by molar-refractivity contribution is 5.65. The molecule has 134 valence electrons. The normalized spacial score (nSPS) is 11.3. The summed E-state index contributed by atoms with van der Waals surface area (Å²) in [6.07, 6.45) is 7.24. The van der Waals surface area contributed by atoms with Crippen LogP contribution in [-0.2, 0) is 6.61 Å². The molecule has 6 heteroatoms. The Hall–Kier alpha value is -3.54. The summed E-state index contributed by atoms with van der Waals surface area (Å²) >= 11 is 0. The van der Waals surface area contributed by atoms with Crippen LogP contribution in [0, 0.1) is 13.8 Å². The van der Waals surface area contributed by atoms with Crippen LogP contribution in [0.5, 0.6) is 5.75 Å². The maximum absolute atomic E-state index is 5.75.